The van der Waals surface area contributed by atoms with E-state index in [9.17, 15) is 8.42 Å². The molecule has 2 aromatic carbocycles. The summed E-state index contributed by atoms with van der Waals surface area (Å²) < 4.78 is 28.5. The van der Waals surface area contributed by atoms with E-state index in [4.69, 9.17) is 0 Å². The highest BCUT2D eigenvalue weighted by atomic mass is 32.2. The minimum absolute atomic E-state index is 0.141. The summed E-state index contributed by atoms with van der Waals surface area (Å²) >= 11 is 0. The molecule has 1 saturated heterocycles. The molecule has 5 heteroatoms. The molecule has 1 fully saturated rings. The van der Waals surface area contributed by atoms with E-state index in [2.05, 4.69) is 11.9 Å². The van der Waals surface area contributed by atoms with Crippen LogP contribution in [0.2, 0.25) is 0 Å². The number of nitrogens with zero attached hydrogens (tertiary/aromatic N) is 2. The Balaban J connectivity index is 1.72. The fraction of sp³-hybridized carbons (Fsp3) is 0.400. The molecular formula is C20H24N2O2S. The van der Waals surface area contributed by atoms with Gasteiger partial charge in [-0.05, 0) is 55.1 Å². The van der Waals surface area contributed by atoms with E-state index in [1.807, 2.05) is 42.5 Å². The van der Waals surface area contributed by atoms with Crippen LogP contribution in [-0.4, -0.2) is 44.3 Å². The molecule has 4 rings (SSSR count). The van der Waals surface area contributed by atoms with Crippen molar-refractivity contribution >= 4 is 10.0 Å². The number of sulfonamides is 1. The van der Waals surface area contributed by atoms with E-state index >= 15 is 0 Å². The van der Waals surface area contributed by atoms with Crippen LogP contribution in [0.25, 0.3) is 0 Å². The molecule has 0 amide bonds. The van der Waals surface area contributed by atoms with Crippen molar-refractivity contribution in [1.29, 1.82) is 0 Å². The lowest BCUT2D eigenvalue weighted by atomic mass is 10.1. The summed E-state index contributed by atoms with van der Waals surface area (Å²) in [5.41, 5.74) is 3.56. The molecule has 1 aliphatic carbocycles. The van der Waals surface area contributed by atoms with Gasteiger partial charge in [0.05, 0.1) is 10.9 Å². The van der Waals surface area contributed by atoms with Crippen molar-refractivity contribution in [1.82, 2.24) is 9.21 Å². The van der Waals surface area contributed by atoms with Crippen molar-refractivity contribution < 1.29 is 8.42 Å². The van der Waals surface area contributed by atoms with Gasteiger partial charge in [0, 0.05) is 19.6 Å². The van der Waals surface area contributed by atoms with Gasteiger partial charge in [-0.2, -0.15) is 4.31 Å². The number of likely N-dealkylation sites (N-methyl/N-ethyl adjacent to an activating group) is 1. The highest BCUT2D eigenvalue weighted by Crippen LogP contribution is 2.32. The number of fused-ring (bicyclic) bond motifs is 1. The average Bonchev–Trinajstić information content (AvgIpc) is 3.10. The second-order valence-electron chi connectivity index (χ2n) is 7.09. The summed E-state index contributed by atoms with van der Waals surface area (Å²) in [6.07, 6.45) is 3.18. The maximum atomic E-state index is 13.4. The maximum absolute atomic E-state index is 13.4. The van der Waals surface area contributed by atoms with Crippen LogP contribution in [0.5, 0.6) is 0 Å². The first-order valence-electron chi connectivity index (χ1n) is 8.93. The summed E-state index contributed by atoms with van der Waals surface area (Å²) in [6, 6.07) is 15.5. The van der Waals surface area contributed by atoms with Crippen LogP contribution in [-0.2, 0) is 22.9 Å². The molecule has 1 atom stereocenters. The Morgan fingerprint density at radius 1 is 0.960 bits per heavy atom. The molecule has 0 saturated carbocycles. The zero-order chi connectivity index (χ0) is 17.4. The van der Waals surface area contributed by atoms with Crippen LogP contribution in [0.15, 0.2) is 53.4 Å². The molecule has 0 aromatic heterocycles. The second kappa shape index (κ2) is 6.56. The molecule has 2 aromatic rings. The van der Waals surface area contributed by atoms with E-state index in [-0.39, 0.29) is 6.04 Å². The lowest BCUT2D eigenvalue weighted by Crippen LogP contribution is -2.49. The lowest BCUT2D eigenvalue weighted by molar-refractivity contribution is 0.160. The fourth-order valence-electron chi connectivity index (χ4n) is 3.98. The van der Waals surface area contributed by atoms with Crippen LogP contribution < -0.4 is 0 Å². The largest absolute Gasteiger partial charge is 0.303 e. The van der Waals surface area contributed by atoms with Crippen molar-refractivity contribution in [3.8, 4) is 0 Å². The Morgan fingerprint density at radius 3 is 2.52 bits per heavy atom. The van der Waals surface area contributed by atoms with Gasteiger partial charge in [0.2, 0.25) is 10.0 Å². The Morgan fingerprint density at radius 2 is 1.72 bits per heavy atom. The topological polar surface area (TPSA) is 40.6 Å². The maximum Gasteiger partial charge on any atom is 0.243 e. The molecule has 0 unspecified atom stereocenters. The zero-order valence-electron chi connectivity index (χ0n) is 14.6. The molecule has 1 heterocycles. The minimum Gasteiger partial charge on any atom is -0.303 e. The molecular weight excluding hydrogens is 332 g/mol. The number of piperazine rings is 1. The van der Waals surface area contributed by atoms with Crippen molar-refractivity contribution in [2.75, 3.05) is 26.7 Å². The number of aryl methyl sites for hydroxylation is 2. The van der Waals surface area contributed by atoms with Gasteiger partial charge in [-0.25, -0.2) is 8.42 Å². The Bertz CT molecular complexity index is 865. The molecule has 0 bridgehead atoms. The summed E-state index contributed by atoms with van der Waals surface area (Å²) in [6.45, 7) is 2.00. The monoisotopic (exact) mass is 356 g/mol. The number of rotatable bonds is 3. The summed E-state index contributed by atoms with van der Waals surface area (Å²) in [4.78, 5) is 2.64. The summed E-state index contributed by atoms with van der Waals surface area (Å²) in [5, 5.41) is 0. The van der Waals surface area contributed by atoms with Crippen molar-refractivity contribution in [2.24, 2.45) is 0 Å². The highest BCUT2D eigenvalue weighted by Gasteiger charge is 2.36. The highest BCUT2D eigenvalue weighted by molar-refractivity contribution is 7.89. The summed E-state index contributed by atoms with van der Waals surface area (Å²) in [7, 11) is -1.45. The van der Waals surface area contributed by atoms with Crippen molar-refractivity contribution in [2.45, 2.75) is 30.2 Å². The molecule has 0 spiro atoms. The lowest BCUT2D eigenvalue weighted by Gasteiger charge is -2.39. The second-order valence-corrected chi connectivity index (χ2v) is 8.98. The molecule has 1 aliphatic heterocycles. The van der Waals surface area contributed by atoms with Gasteiger partial charge in [-0.15, -0.1) is 0 Å². The van der Waals surface area contributed by atoms with Crippen molar-refractivity contribution in [3.63, 3.8) is 0 Å². The Hall–Kier alpha value is -1.69. The van der Waals surface area contributed by atoms with Crippen LogP contribution in [0.3, 0.4) is 0 Å². The van der Waals surface area contributed by atoms with Gasteiger partial charge in [-0.1, -0.05) is 36.4 Å². The molecule has 2 aliphatic rings. The minimum atomic E-state index is -3.50. The van der Waals surface area contributed by atoms with E-state index in [0.717, 1.165) is 31.4 Å². The van der Waals surface area contributed by atoms with Gasteiger partial charge in [0.15, 0.2) is 0 Å². The van der Waals surface area contributed by atoms with Crippen LogP contribution >= 0.6 is 0 Å². The first-order valence-corrected chi connectivity index (χ1v) is 10.4. The SMILES string of the molecule is CN1CCN(S(=O)(=O)c2ccc3c(c2)CCC3)[C@H](c2ccccc2)C1. The van der Waals surface area contributed by atoms with Crippen molar-refractivity contribution in [3.05, 3.63) is 65.2 Å². The smallest absolute Gasteiger partial charge is 0.243 e. The third-order valence-corrected chi connectivity index (χ3v) is 7.30. The molecule has 0 radical (unpaired) electrons. The van der Waals surface area contributed by atoms with Gasteiger partial charge in [0.25, 0.3) is 0 Å². The van der Waals surface area contributed by atoms with E-state index in [1.165, 1.54) is 11.1 Å². The fourth-order valence-corrected chi connectivity index (χ4v) is 5.63. The quantitative estimate of drug-likeness (QED) is 0.849. The third kappa shape index (κ3) is 3.12. The third-order valence-electron chi connectivity index (χ3n) is 5.40. The number of hydrogen-bond acceptors (Lipinski definition) is 3. The first-order chi connectivity index (χ1) is 12.1. The van der Waals surface area contributed by atoms with E-state index in [1.54, 1.807) is 10.4 Å². The average molecular weight is 356 g/mol. The van der Waals surface area contributed by atoms with Gasteiger partial charge >= 0.3 is 0 Å². The predicted molar refractivity (Wildman–Crippen MR) is 99.0 cm³/mol. The molecule has 4 nitrogen and oxygen atoms in total. The first kappa shape index (κ1) is 16.8. The number of benzene rings is 2. The zero-order valence-corrected chi connectivity index (χ0v) is 15.4. The van der Waals surface area contributed by atoms with Crippen LogP contribution in [0.1, 0.15) is 29.2 Å². The van der Waals surface area contributed by atoms with Gasteiger partial charge in [0.1, 0.15) is 0 Å². The van der Waals surface area contributed by atoms with Gasteiger partial charge < -0.3 is 4.90 Å². The standard InChI is InChI=1S/C20H24N2O2S/c1-21-12-13-22(20(15-21)17-6-3-2-4-7-17)25(23,24)19-11-10-16-8-5-9-18(16)14-19/h2-4,6-7,10-11,14,20H,5,8-9,12-13,15H2,1H3/t20-/m0/s1. The van der Waals surface area contributed by atoms with Crippen LogP contribution in [0, 0.1) is 0 Å². The van der Waals surface area contributed by atoms with Crippen LogP contribution in [0.4, 0.5) is 0 Å². The van der Waals surface area contributed by atoms with E-state index in [0.29, 0.717) is 18.0 Å². The summed E-state index contributed by atoms with van der Waals surface area (Å²) in [5.74, 6) is 0. The Labute approximate surface area is 150 Å². The Kier molecular flexibility index (Phi) is 4.40. The molecule has 132 valence electrons. The van der Waals surface area contributed by atoms with Gasteiger partial charge in [-0.3, -0.25) is 0 Å². The molecule has 0 N–H and O–H groups in total. The van der Waals surface area contributed by atoms with E-state index < -0.39 is 10.0 Å². The predicted octanol–water partition coefficient (Wildman–Crippen LogP) is 2.85. The number of hydrogen-bond donors (Lipinski definition) is 0. The molecule has 25 heavy (non-hydrogen) atoms. The normalized spacial score (nSPS) is 22.0.